The average molecular weight is 489 g/mol. The summed E-state index contributed by atoms with van der Waals surface area (Å²) < 4.78 is 31.9. The zero-order chi connectivity index (χ0) is 24.0. The van der Waals surface area contributed by atoms with Crippen molar-refractivity contribution >= 4 is 38.2 Å². The van der Waals surface area contributed by atoms with Crippen LogP contribution in [0.3, 0.4) is 0 Å². The maximum absolute atomic E-state index is 12.9. The lowest BCUT2D eigenvalue weighted by molar-refractivity contribution is 0.0601. The summed E-state index contributed by atoms with van der Waals surface area (Å²) in [5.41, 5.74) is 1.68. The van der Waals surface area contributed by atoms with Gasteiger partial charge >= 0.3 is 5.97 Å². The minimum Gasteiger partial charge on any atom is -0.465 e. The Morgan fingerprint density at radius 1 is 1.09 bits per heavy atom. The van der Waals surface area contributed by atoms with Crippen molar-refractivity contribution in [1.29, 1.82) is 0 Å². The first-order valence-corrected chi connectivity index (χ1v) is 12.9. The number of ether oxygens (including phenoxy) is 1. The van der Waals surface area contributed by atoms with Crippen LogP contribution in [0.15, 0.2) is 54.5 Å². The van der Waals surface area contributed by atoms with Crippen molar-refractivity contribution in [2.24, 2.45) is 0 Å². The highest BCUT2D eigenvalue weighted by Crippen LogP contribution is 2.38. The standard InChI is InChI=1S/C24H28N2O5S2/c1-4-15-26(16-5-2)33(29,30)18-13-11-17(12-14-18)22(27)25-23-21(24(28)31-3)19-9-7-6-8-10-20(19)32-23/h4-5,11-14H,1-2,6-10,15-16H2,3H3,(H,25,27). The molecule has 0 atom stereocenters. The van der Waals surface area contributed by atoms with Gasteiger partial charge in [0.15, 0.2) is 0 Å². The number of amides is 1. The number of nitrogens with zero attached hydrogens (tertiary/aromatic N) is 1. The SMILES string of the molecule is C=CCN(CC=C)S(=O)(=O)c1ccc(C(=O)Nc2sc3c(c2C(=O)OC)CCCCC3)cc1. The number of carbonyl (C=O) groups excluding carboxylic acids is 2. The van der Waals surface area contributed by atoms with E-state index in [1.807, 2.05) is 0 Å². The molecule has 0 aliphatic heterocycles. The molecule has 0 saturated heterocycles. The summed E-state index contributed by atoms with van der Waals surface area (Å²) in [6.45, 7) is 7.49. The molecule has 1 aliphatic rings. The van der Waals surface area contributed by atoms with Crippen LogP contribution in [0.1, 0.15) is 50.4 Å². The van der Waals surface area contributed by atoms with E-state index < -0.39 is 21.9 Å². The van der Waals surface area contributed by atoms with E-state index in [4.69, 9.17) is 4.74 Å². The highest BCUT2D eigenvalue weighted by Gasteiger charge is 2.27. The molecule has 0 spiro atoms. The Labute approximate surface area is 198 Å². The van der Waals surface area contributed by atoms with E-state index in [0.717, 1.165) is 42.5 Å². The summed E-state index contributed by atoms with van der Waals surface area (Å²) in [7, 11) is -2.42. The number of anilines is 1. The smallest absolute Gasteiger partial charge is 0.341 e. The summed E-state index contributed by atoms with van der Waals surface area (Å²) in [5.74, 6) is -0.884. The fourth-order valence-electron chi connectivity index (χ4n) is 3.81. The maximum Gasteiger partial charge on any atom is 0.341 e. The van der Waals surface area contributed by atoms with Gasteiger partial charge in [0.1, 0.15) is 5.00 Å². The lowest BCUT2D eigenvalue weighted by Crippen LogP contribution is -2.31. The molecule has 1 amide bonds. The number of aryl methyl sites for hydroxylation is 1. The van der Waals surface area contributed by atoms with E-state index in [2.05, 4.69) is 18.5 Å². The molecule has 3 rings (SSSR count). The first kappa shape index (κ1) is 24.9. The van der Waals surface area contributed by atoms with Crippen molar-refractivity contribution in [3.05, 3.63) is 71.1 Å². The molecule has 1 aromatic heterocycles. The van der Waals surface area contributed by atoms with Crippen LogP contribution >= 0.6 is 11.3 Å². The molecule has 176 valence electrons. The largest absolute Gasteiger partial charge is 0.465 e. The molecule has 0 radical (unpaired) electrons. The van der Waals surface area contributed by atoms with Crippen LogP contribution in [-0.2, 0) is 27.6 Å². The number of thiophene rings is 1. The summed E-state index contributed by atoms with van der Waals surface area (Å²) in [6.07, 6.45) is 7.81. The molecular weight excluding hydrogens is 460 g/mol. The van der Waals surface area contributed by atoms with E-state index in [1.54, 1.807) is 0 Å². The minimum absolute atomic E-state index is 0.0702. The zero-order valence-corrected chi connectivity index (χ0v) is 20.3. The highest BCUT2D eigenvalue weighted by atomic mass is 32.2. The second-order valence-electron chi connectivity index (χ2n) is 7.64. The van der Waals surface area contributed by atoms with Gasteiger partial charge in [-0.05, 0) is 55.5 Å². The predicted octanol–water partition coefficient (Wildman–Crippen LogP) is 4.42. The number of carbonyl (C=O) groups is 2. The zero-order valence-electron chi connectivity index (χ0n) is 18.6. The van der Waals surface area contributed by atoms with Gasteiger partial charge < -0.3 is 10.1 Å². The number of hydrogen-bond donors (Lipinski definition) is 1. The summed E-state index contributed by atoms with van der Waals surface area (Å²) >= 11 is 1.41. The van der Waals surface area contributed by atoms with Crippen molar-refractivity contribution in [2.75, 3.05) is 25.5 Å². The van der Waals surface area contributed by atoms with Crippen molar-refractivity contribution in [1.82, 2.24) is 4.31 Å². The lowest BCUT2D eigenvalue weighted by Gasteiger charge is -2.19. The number of hydrogen-bond acceptors (Lipinski definition) is 6. The summed E-state index contributed by atoms with van der Waals surface area (Å²) in [4.78, 5) is 26.6. The third kappa shape index (κ3) is 5.43. The average Bonchev–Trinajstić information content (AvgIpc) is 2.98. The van der Waals surface area contributed by atoms with Crippen LogP contribution in [0.2, 0.25) is 0 Å². The van der Waals surface area contributed by atoms with E-state index >= 15 is 0 Å². The van der Waals surface area contributed by atoms with E-state index in [0.29, 0.717) is 10.6 Å². The Morgan fingerprint density at radius 3 is 2.33 bits per heavy atom. The first-order valence-electron chi connectivity index (χ1n) is 10.7. The van der Waals surface area contributed by atoms with Gasteiger partial charge in [0.05, 0.1) is 17.6 Å². The van der Waals surface area contributed by atoms with Gasteiger partial charge in [0, 0.05) is 23.5 Å². The van der Waals surface area contributed by atoms with Gasteiger partial charge in [-0.2, -0.15) is 4.31 Å². The number of nitrogens with one attached hydrogen (secondary N) is 1. The molecule has 33 heavy (non-hydrogen) atoms. The topological polar surface area (TPSA) is 92.8 Å². The second-order valence-corrected chi connectivity index (χ2v) is 10.7. The quantitative estimate of drug-likeness (QED) is 0.320. The fourth-order valence-corrected chi connectivity index (χ4v) is 6.46. The van der Waals surface area contributed by atoms with Crippen LogP contribution in [-0.4, -0.2) is 44.8 Å². The van der Waals surface area contributed by atoms with E-state index in [9.17, 15) is 18.0 Å². The molecule has 1 heterocycles. The predicted molar refractivity (Wildman–Crippen MR) is 130 cm³/mol. The third-order valence-electron chi connectivity index (χ3n) is 5.46. The normalized spacial score (nSPS) is 13.6. The van der Waals surface area contributed by atoms with Gasteiger partial charge in [-0.3, -0.25) is 4.79 Å². The molecule has 1 N–H and O–H groups in total. The van der Waals surface area contributed by atoms with Crippen LogP contribution in [0.5, 0.6) is 0 Å². The molecule has 0 fully saturated rings. The van der Waals surface area contributed by atoms with Gasteiger partial charge in [-0.15, -0.1) is 24.5 Å². The van der Waals surface area contributed by atoms with Gasteiger partial charge in [0.2, 0.25) is 10.0 Å². The molecule has 2 aromatic rings. The number of rotatable bonds is 9. The molecule has 7 nitrogen and oxygen atoms in total. The molecule has 0 unspecified atom stereocenters. The van der Waals surface area contributed by atoms with Crippen molar-refractivity contribution in [2.45, 2.75) is 37.0 Å². The van der Waals surface area contributed by atoms with Crippen molar-refractivity contribution in [3.8, 4) is 0 Å². The number of methoxy groups -OCH3 is 1. The Morgan fingerprint density at radius 2 is 1.73 bits per heavy atom. The first-order chi connectivity index (χ1) is 15.8. The molecule has 1 aliphatic carbocycles. The summed E-state index contributed by atoms with van der Waals surface area (Å²) in [5, 5.41) is 3.30. The van der Waals surface area contributed by atoms with Gasteiger partial charge in [0.25, 0.3) is 5.91 Å². The third-order valence-corrected chi connectivity index (χ3v) is 8.51. The summed E-state index contributed by atoms with van der Waals surface area (Å²) in [6, 6.07) is 5.71. The second kappa shape index (κ2) is 10.9. The molecule has 1 aromatic carbocycles. The molecule has 0 bridgehead atoms. The van der Waals surface area contributed by atoms with Crippen molar-refractivity contribution in [3.63, 3.8) is 0 Å². The Bertz CT molecular complexity index is 1140. The highest BCUT2D eigenvalue weighted by molar-refractivity contribution is 7.89. The Kier molecular flexibility index (Phi) is 8.23. The van der Waals surface area contributed by atoms with E-state index in [1.165, 1.54) is 59.2 Å². The molecule has 0 saturated carbocycles. The van der Waals surface area contributed by atoms with Gasteiger partial charge in [-0.25, -0.2) is 13.2 Å². The number of sulfonamides is 1. The number of fused-ring (bicyclic) bond motifs is 1. The Hall–Kier alpha value is -2.75. The minimum atomic E-state index is -3.75. The number of esters is 1. The lowest BCUT2D eigenvalue weighted by atomic mass is 10.1. The van der Waals surface area contributed by atoms with Crippen LogP contribution in [0.4, 0.5) is 5.00 Å². The monoisotopic (exact) mass is 488 g/mol. The Balaban J connectivity index is 1.85. The van der Waals surface area contributed by atoms with Gasteiger partial charge in [-0.1, -0.05) is 18.6 Å². The van der Waals surface area contributed by atoms with Crippen LogP contribution in [0.25, 0.3) is 0 Å². The number of benzene rings is 1. The van der Waals surface area contributed by atoms with E-state index in [-0.39, 0.29) is 23.5 Å². The molecular formula is C24H28N2O5S2. The van der Waals surface area contributed by atoms with Crippen LogP contribution < -0.4 is 5.32 Å². The van der Waals surface area contributed by atoms with Crippen molar-refractivity contribution < 1.29 is 22.7 Å². The maximum atomic E-state index is 12.9. The molecule has 9 heteroatoms. The van der Waals surface area contributed by atoms with Crippen LogP contribution in [0, 0.1) is 0 Å². The fraction of sp³-hybridized carbons (Fsp3) is 0.333.